The number of rotatable bonds is 2. The second-order valence-corrected chi connectivity index (χ2v) is 5.86. The minimum Gasteiger partial charge on any atom is -0.507 e. The highest BCUT2D eigenvalue weighted by atomic mass is 16.7. The van der Waals surface area contributed by atoms with Gasteiger partial charge in [-0.15, -0.1) is 0 Å². The van der Waals surface area contributed by atoms with E-state index in [0.29, 0.717) is 5.46 Å². The second-order valence-electron chi connectivity index (χ2n) is 5.86. The average Bonchev–Trinajstić information content (AvgIpc) is 2.58. The number of hydrogen-bond acceptors (Lipinski definition) is 5. The lowest BCUT2D eigenvalue weighted by molar-refractivity contribution is 0.00578. The molecular weight excluding hydrogens is 259 g/mol. The van der Waals surface area contributed by atoms with E-state index in [1.54, 1.807) is 6.07 Å². The van der Waals surface area contributed by atoms with Crippen molar-refractivity contribution in [1.82, 2.24) is 0 Å². The molecule has 0 bridgehead atoms. The molecule has 0 unspecified atom stereocenters. The number of esters is 1. The monoisotopic (exact) mass is 278 g/mol. The largest absolute Gasteiger partial charge is 0.507 e. The fourth-order valence-corrected chi connectivity index (χ4v) is 1.95. The molecule has 20 heavy (non-hydrogen) atoms. The van der Waals surface area contributed by atoms with Crippen LogP contribution < -0.4 is 5.46 Å². The van der Waals surface area contributed by atoms with Crippen LogP contribution in [0.5, 0.6) is 5.75 Å². The van der Waals surface area contributed by atoms with Gasteiger partial charge in [0.1, 0.15) is 11.3 Å². The van der Waals surface area contributed by atoms with Gasteiger partial charge >= 0.3 is 13.1 Å². The SMILES string of the molecule is COC(=O)c1cc(B2OC(C)(C)C(C)(C)O2)ccc1O. The summed E-state index contributed by atoms with van der Waals surface area (Å²) in [6.45, 7) is 7.81. The number of phenolic OH excluding ortho intramolecular Hbond substituents is 1. The van der Waals surface area contributed by atoms with Gasteiger partial charge in [0.05, 0.1) is 18.3 Å². The summed E-state index contributed by atoms with van der Waals surface area (Å²) in [4.78, 5) is 11.6. The Morgan fingerprint density at radius 2 is 1.75 bits per heavy atom. The summed E-state index contributed by atoms with van der Waals surface area (Å²) in [5, 5.41) is 9.70. The molecule has 0 radical (unpaired) electrons. The molecule has 1 aromatic rings. The summed E-state index contributed by atoms with van der Waals surface area (Å²) < 4.78 is 16.4. The van der Waals surface area contributed by atoms with Gasteiger partial charge in [-0.25, -0.2) is 4.79 Å². The maximum Gasteiger partial charge on any atom is 0.494 e. The van der Waals surface area contributed by atoms with E-state index in [0.717, 1.165) is 0 Å². The van der Waals surface area contributed by atoms with Crippen molar-refractivity contribution in [3.63, 3.8) is 0 Å². The van der Waals surface area contributed by atoms with Crippen molar-refractivity contribution in [1.29, 1.82) is 0 Å². The molecule has 108 valence electrons. The Hall–Kier alpha value is -1.53. The van der Waals surface area contributed by atoms with Crippen LogP contribution in [0.2, 0.25) is 0 Å². The maximum absolute atomic E-state index is 11.6. The lowest BCUT2D eigenvalue weighted by Crippen LogP contribution is -2.41. The van der Waals surface area contributed by atoms with Gasteiger partial charge in [0.25, 0.3) is 0 Å². The zero-order chi connectivity index (χ0) is 15.1. The number of aromatic hydroxyl groups is 1. The van der Waals surface area contributed by atoms with Crippen molar-refractivity contribution in [2.45, 2.75) is 38.9 Å². The first-order valence-electron chi connectivity index (χ1n) is 6.45. The Labute approximate surface area is 119 Å². The first-order valence-corrected chi connectivity index (χ1v) is 6.45. The van der Waals surface area contributed by atoms with E-state index in [9.17, 15) is 9.90 Å². The Balaban J connectivity index is 2.34. The van der Waals surface area contributed by atoms with Crippen molar-refractivity contribution in [2.24, 2.45) is 0 Å². The van der Waals surface area contributed by atoms with E-state index in [2.05, 4.69) is 4.74 Å². The molecule has 1 aliphatic rings. The number of carbonyl (C=O) groups excluding carboxylic acids is 1. The molecule has 0 aromatic heterocycles. The van der Waals surface area contributed by atoms with Crippen LogP contribution in [0.3, 0.4) is 0 Å². The predicted molar refractivity (Wildman–Crippen MR) is 75.2 cm³/mol. The van der Waals surface area contributed by atoms with Crippen LogP contribution in [0.1, 0.15) is 38.1 Å². The molecule has 6 heteroatoms. The molecule has 1 saturated heterocycles. The van der Waals surface area contributed by atoms with Crippen LogP contribution >= 0.6 is 0 Å². The highest BCUT2D eigenvalue weighted by molar-refractivity contribution is 6.62. The first-order chi connectivity index (χ1) is 9.18. The van der Waals surface area contributed by atoms with Crippen molar-refractivity contribution < 1.29 is 23.9 Å². The van der Waals surface area contributed by atoms with Crippen molar-refractivity contribution >= 4 is 18.6 Å². The van der Waals surface area contributed by atoms with Crippen LogP contribution in [-0.2, 0) is 14.0 Å². The summed E-state index contributed by atoms with van der Waals surface area (Å²) in [6.07, 6.45) is 0. The molecule has 0 atom stereocenters. The van der Waals surface area contributed by atoms with Crippen LogP contribution in [-0.4, -0.2) is 36.5 Å². The van der Waals surface area contributed by atoms with Crippen LogP contribution in [0.15, 0.2) is 18.2 Å². The van der Waals surface area contributed by atoms with Crippen LogP contribution in [0.25, 0.3) is 0 Å². The molecule has 1 aliphatic heterocycles. The third kappa shape index (κ3) is 2.41. The fraction of sp³-hybridized carbons (Fsp3) is 0.500. The number of methoxy groups -OCH3 is 1. The van der Waals surface area contributed by atoms with E-state index < -0.39 is 24.3 Å². The van der Waals surface area contributed by atoms with Gasteiger partial charge in [0.2, 0.25) is 0 Å². The van der Waals surface area contributed by atoms with E-state index in [1.807, 2.05) is 27.7 Å². The molecule has 0 spiro atoms. The van der Waals surface area contributed by atoms with E-state index >= 15 is 0 Å². The molecule has 0 saturated carbocycles. The van der Waals surface area contributed by atoms with Crippen molar-refractivity contribution in [3.05, 3.63) is 23.8 Å². The predicted octanol–water partition coefficient (Wildman–Crippen LogP) is 1.48. The van der Waals surface area contributed by atoms with E-state index in [4.69, 9.17) is 9.31 Å². The molecule has 0 amide bonds. The standard InChI is InChI=1S/C14H19BO5/c1-13(2)14(3,4)20-15(19-13)9-6-7-11(16)10(8-9)12(17)18-5/h6-8,16H,1-5H3. The van der Waals surface area contributed by atoms with Gasteiger partial charge in [-0.1, -0.05) is 6.07 Å². The molecule has 2 rings (SSSR count). The van der Waals surface area contributed by atoms with Crippen molar-refractivity contribution in [3.8, 4) is 5.75 Å². The van der Waals surface area contributed by atoms with Gasteiger partial charge in [-0.3, -0.25) is 0 Å². The zero-order valence-electron chi connectivity index (χ0n) is 12.4. The highest BCUT2D eigenvalue weighted by Crippen LogP contribution is 2.36. The lowest BCUT2D eigenvalue weighted by atomic mass is 9.78. The average molecular weight is 278 g/mol. The normalized spacial score (nSPS) is 19.9. The van der Waals surface area contributed by atoms with Crippen molar-refractivity contribution in [2.75, 3.05) is 7.11 Å². The van der Waals surface area contributed by atoms with Gasteiger partial charge in [0.15, 0.2) is 0 Å². The number of phenols is 1. The summed E-state index contributed by atoms with van der Waals surface area (Å²) in [5.41, 5.74) is -0.149. The quantitative estimate of drug-likeness (QED) is 0.655. The lowest BCUT2D eigenvalue weighted by Gasteiger charge is -2.32. The number of hydrogen-bond donors (Lipinski definition) is 1. The first kappa shape index (κ1) is 14.9. The van der Waals surface area contributed by atoms with E-state index in [-0.39, 0.29) is 11.3 Å². The summed E-state index contributed by atoms with van der Waals surface area (Å²) >= 11 is 0. The van der Waals surface area contributed by atoms with Crippen LogP contribution in [0, 0.1) is 0 Å². The minimum absolute atomic E-state index is 0.0970. The van der Waals surface area contributed by atoms with Crippen LogP contribution in [0.4, 0.5) is 0 Å². The molecule has 5 nitrogen and oxygen atoms in total. The smallest absolute Gasteiger partial charge is 0.494 e. The molecule has 1 heterocycles. The number of ether oxygens (including phenoxy) is 1. The molecule has 1 N–H and O–H groups in total. The molecule has 0 aliphatic carbocycles. The fourth-order valence-electron chi connectivity index (χ4n) is 1.95. The summed E-state index contributed by atoms with van der Waals surface area (Å²) in [5.74, 6) is -0.724. The molecule has 1 fully saturated rings. The number of carbonyl (C=O) groups is 1. The Morgan fingerprint density at radius 1 is 1.20 bits per heavy atom. The second kappa shape index (κ2) is 4.79. The third-order valence-corrected chi connectivity index (χ3v) is 3.95. The van der Waals surface area contributed by atoms with E-state index in [1.165, 1.54) is 19.2 Å². The Bertz CT molecular complexity index is 522. The van der Waals surface area contributed by atoms with Gasteiger partial charge in [-0.2, -0.15) is 0 Å². The Kier molecular flexibility index (Phi) is 3.56. The topological polar surface area (TPSA) is 65.0 Å². The third-order valence-electron chi connectivity index (χ3n) is 3.95. The minimum atomic E-state index is -0.596. The summed E-state index contributed by atoms with van der Waals surface area (Å²) in [7, 11) is 0.687. The number of benzene rings is 1. The van der Waals surface area contributed by atoms with Gasteiger partial charge in [-0.05, 0) is 45.3 Å². The highest BCUT2D eigenvalue weighted by Gasteiger charge is 2.51. The Morgan fingerprint density at radius 3 is 2.25 bits per heavy atom. The molecule has 1 aromatic carbocycles. The van der Waals surface area contributed by atoms with Gasteiger partial charge in [0, 0.05) is 0 Å². The zero-order valence-corrected chi connectivity index (χ0v) is 12.4. The van der Waals surface area contributed by atoms with Gasteiger partial charge < -0.3 is 19.2 Å². The molecular formula is C14H19BO5. The summed E-state index contributed by atoms with van der Waals surface area (Å²) in [6, 6.07) is 4.64. The maximum atomic E-state index is 11.6.